The van der Waals surface area contributed by atoms with E-state index >= 15 is 0 Å². The molecule has 0 saturated heterocycles. The zero-order valence-corrected chi connectivity index (χ0v) is 23.8. The first-order valence-corrected chi connectivity index (χ1v) is 15.9. The highest BCUT2D eigenvalue weighted by atomic mass is 19.2. The van der Waals surface area contributed by atoms with Crippen LogP contribution in [0.2, 0.25) is 0 Å². The fourth-order valence-corrected chi connectivity index (χ4v) is 8.87. The molecular weight excluding hydrogens is 478 g/mol. The Bertz CT molecular complexity index is 913. The van der Waals surface area contributed by atoms with E-state index in [1.54, 1.807) is 6.92 Å². The van der Waals surface area contributed by atoms with E-state index in [0.29, 0.717) is 19.1 Å². The Morgan fingerprint density at radius 2 is 1.13 bits per heavy atom. The Labute approximate surface area is 229 Å². The smallest absolute Gasteiger partial charge is 0.204 e. The molecule has 0 aliphatic heterocycles. The predicted molar refractivity (Wildman–Crippen MR) is 150 cm³/mol. The average Bonchev–Trinajstić information content (AvgIpc) is 2.95. The van der Waals surface area contributed by atoms with E-state index in [9.17, 15) is 8.78 Å². The molecular formula is C34H50F2O2. The molecule has 38 heavy (non-hydrogen) atoms. The average molecular weight is 529 g/mol. The molecule has 1 aromatic carbocycles. The van der Waals surface area contributed by atoms with E-state index < -0.39 is 11.6 Å². The van der Waals surface area contributed by atoms with Gasteiger partial charge in [-0.1, -0.05) is 12.2 Å². The molecule has 4 aliphatic carbocycles. The van der Waals surface area contributed by atoms with E-state index in [2.05, 4.69) is 19.1 Å². The molecule has 4 unspecified atom stereocenters. The van der Waals surface area contributed by atoms with E-state index in [-0.39, 0.29) is 11.5 Å². The van der Waals surface area contributed by atoms with Crippen molar-refractivity contribution in [2.75, 3.05) is 13.2 Å². The second kappa shape index (κ2) is 13.2. The van der Waals surface area contributed by atoms with Crippen LogP contribution < -0.4 is 9.47 Å². The maximum Gasteiger partial charge on any atom is 0.204 e. The molecule has 4 aliphatic rings. The number of ether oxygens (including phenoxy) is 2. The van der Waals surface area contributed by atoms with Gasteiger partial charge in [0.15, 0.2) is 11.5 Å². The molecule has 4 heteroatoms. The van der Waals surface area contributed by atoms with Crippen molar-refractivity contribution >= 4 is 0 Å². The van der Waals surface area contributed by atoms with Gasteiger partial charge in [0.2, 0.25) is 11.6 Å². The topological polar surface area (TPSA) is 18.5 Å². The van der Waals surface area contributed by atoms with Crippen LogP contribution in [0.25, 0.3) is 0 Å². The standard InChI is InChI=1S/C34H50F2O2/c1-3-5-23-6-9-25(10-7-23)26-12-14-27(15-13-26)29-17-16-28-20-24(8-11-30(28)21-29)22-38-32-19-18-31(37-4-2)33(35)34(32)36/h3,5,18-19,23-30H,4,6-17,20-22H2,1-2H3. The predicted octanol–water partition coefficient (Wildman–Crippen LogP) is 9.76. The maximum absolute atomic E-state index is 14.4. The molecule has 212 valence electrons. The van der Waals surface area contributed by atoms with Crippen LogP contribution >= 0.6 is 0 Å². The van der Waals surface area contributed by atoms with Crippen molar-refractivity contribution in [3.05, 3.63) is 35.9 Å². The fourth-order valence-electron chi connectivity index (χ4n) is 8.87. The number of fused-ring (bicyclic) bond motifs is 1. The fraction of sp³-hybridized carbons (Fsp3) is 0.765. The molecule has 2 nitrogen and oxygen atoms in total. The minimum Gasteiger partial charge on any atom is -0.491 e. The first-order valence-electron chi connectivity index (χ1n) is 15.9. The van der Waals surface area contributed by atoms with Gasteiger partial charge in [-0.2, -0.15) is 8.78 Å². The minimum absolute atomic E-state index is 0.0122. The second-order valence-electron chi connectivity index (χ2n) is 13.1. The number of rotatable bonds is 8. The number of hydrogen-bond donors (Lipinski definition) is 0. The van der Waals surface area contributed by atoms with E-state index in [1.165, 1.54) is 95.6 Å². The summed E-state index contributed by atoms with van der Waals surface area (Å²) in [5, 5.41) is 0. The molecule has 0 heterocycles. The van der Waals surface area contributed by atoms with Crippen LogP contribution in [-0.4, -0.2) is 13.2 Å². The van der Waals surface area contributed by atoms with Gasteiger partial charge >= 0.3 is 0 Å². The van der Waals surface area contributed by atoms with Crippen LogP contribution in [0.4, 0.5) is 8.78 Å². The Kier molecular flexibility index (Phi) is 9.70. The summed E-state index contributed by atoms with van der Waals surface area (Å²) in [6.45, 7) is 4.71. The SMILES string of the molecule is CC=CC1CCC(C2CCC(C3CCC4CC(COc5ccc(OCC)c(F)c5F)CCC4C3)CC2)CC1. The van der Waals surface area contributed by atoms with Gasteiger partial charge < -0.3 is 9.47 Å². The van der Waals surface area contributed by atoms with Crippen LogP contribution in [0.3, 0.4) is 0 Å². The monoisotopic (exact) mass is 528 g/mol. The summed E-state index contributed by atoms with van der Waals surface area (Å²) in [5.41, 5.74) is 0. The lowest BCUT2D eigenvalue weighted by Gasteiger charge is -2.46. The molecule has 5 rings (SSSR count). The Morgan fingerprint density at radius 1 is 0.658 bits per heavy atom. The van der Waals surface area contributed by atoms with Crippen LogP contribution in [-0.2, 0) is 0 Å². The summed E-state index contributed by atoms with van der Waals surface area (Å²) in [7, 11) is 0. The summed E-state index contributed by atoms with van der Waals surface area (Å²) in [6, 6.07) is 2.97. The quantitative estimate of drug-likeness (QED) is 0.313. The van der Waals surface area contributed by atoms with Gasteiger partial charge in [-0.05, 0) is 163 Å². The molecule has 0 radical (unpaired) electrons. The first kappa shape index (κ1) is 28.0. The zero-order valence-electron chi connectivity index (χ0n) is 23.8. The van der Waals surface area contributed by atoms with Crippen LogP contribution in [0, 0.1) is 59.0 Å². The number of hydrogen-bond acceptors (Lipinski definition) is 2. The molecule has 4 fully saturated rings. The highest BCUT2D eigenvalue weighted by Gasteiger charge is 2.40. The molecule has 4 atom stereocenters. The van der Waals surface area contributed by atoms with Crippen LogP contribution in [0.1, 0.15) is 104 Å². The van der Waals surface area contributed by atoms with Crippen molar-refractivity contribution in [3.8, 4) is 11.5 Å². The van der Waals surface area contributed by atoms with Gasteiger partial charge in [-0.15, -0.1) is 0 Å². The highest BCUT2D eigenvalue weighted by Crippen LogP contribution is 2.50. The zero-order chi connectivity index (χ0) is 26.5. The van der Waals surface area contributed by atoms with Gasteiger partial charge in [-0.25, -0.2) is 0 Å². The third-order valence-electron chi connectivity index (χ3n) is 11.0. The lowest BCUT2D eigenvalue weighted by atomic mass is 9.60. The first-order chi connectivity index (χ1) is 18.6. The maximum atomic E-state index is 14.4. The van der Waals surface area contributed by atoms with Gasteiger partial charge in [0.1, 0.15) is 0 Å². The lowest BCUT2D eigenvalue weighted by Crippen LogP contribution is -2.36. The van der Waals surface area contributed by atoms with Crippen molar-refractivity contribution in [2.45, 2.75) is 104 Å². The largest absolute Gasteiger partial charge is 0.491 e. The minimum atomic E-state index is -0.947. The van der Waals surface area contributed by atoms with Gasteiger partial charge in [0.25, 0.3) is 0 Å². The number of allylic oxidation sites excluding steroid dienone is 2. The second-order valence-corrected chi connectivity index (χ2v) is 13.1. The number of benzene rings is 1. The van der Waals surface area contributed by atoms with E-state index in [1.807, 2.05) is 0 Å². The highest BCUT2D eigenvalue weighted by molar-refractivity contribution is 5.35. The summed E-state index contributed by atoms with van der Waals surface area (Å²) in [4.78, 5) is 0. The molecule has 1 aromatic rings. The lowest BCUT2D eigenvalue weighted by molar-refractivity contribution is 0.0425. The summed E-state index contributed by atoms with van der Waals surface area (Å²) < 4.78 is 39.6. The normalized spacial score (nSPS) is 36.1. The summed E-state index contributed by atoms with van der Waals surface area (Å²) >= 11 is 0. The van der Waals surface area contributed by atoms with Crippen LogP contribution in [0.15, 0.2) is 24.3 Å². The van der Waals surface area contributed by atoms with Crippen molar-refractivity contribution < 1.29 is 18.3 Å². The molecule has 0 amide bonds. The van der Waals surface area contributed by atoms with Crippen LogP contribution in [0.5, 0.6) is 11.5 Å². The molecule has 0 bridgehead atoms. The van der Waals surface area contributed by atoms with E-state index in [0.717, 1.165) is 47.8 Å². The Balaban J connectivity index is 1.04. The van der Waals surface area contributed by atoms with Crippen molar-refractivity contribution in [1.29, 1.82) is 0 Å². The van der Waals surface area contributed by atoms with Crippen molar-refractivity contribution in [3.63, 3.8) is 0 Å². The van der Waals surface area contributed by atoms with Crippen molar-refractivity contribution in [2.24, 2.45) is 47.3 Å². The Hall–Kier alpha value is -1.58. The summed E-state index contributed by atoms with van der Waals surface area (Å²) in [5.74, 6) is 4.94. The number of halogens is 2. The molecule has 0 spiro atoms. The molecule has 4 saturated carbocycles. The molecule has 0 N–H and O–H groups in total. The van der Waals surface area contributed by atoms with Gasteiger partial charge in [0.05, 0.1) is 13.2 Å². The van der Waals surface area contributed by atoms with Gasteiger partial charge in [0, 0.05) is 0 Å². The third kappa shape index (κ3) is 6.58. The summed E-state index contributed by atoms with van der Waals surface area (Å²) in [6.07, 6.45) is 24.1. The Morgan fingerprint density at radius 3 is 1.74 bits per heavy atom. The van der Waals surface area contributed by atoms with Gasteiger partial charge in [-0.3, -0.25) is 0 Å². The van der Waals surface area contributed by atoms with Crippen molar-refractivity contribution in [1.82, 2.24) is 0 Å². The van der Waals surface area contributed by atoms with E-state index in [4.69, 9.17) is 9.47 Å². The molecule has 0 aromatic heterocycles. The third-order valence-corrected chi connectivity index (χ3v) is 11.0.